The van der Waals surface area contributed by atoms with Gasteiger partial charge in [-0.3, -0.25) is 9.59 Å². The zero-order valence-corrected chi connectivity index (χ0v) is 38.0. The molecule has 1 heterocycles. The lowest BCUT2D eigenvalue weighted by Gasteiger charge is -2.23. The molecule has 60 heavy (non-hydrogen) atoms. The summed E-state index contributed by atoms with van der Waals surface area (Å²) in [6.45, 7) is 27.4. The highest BCUT2D eigenvalue weighted by molar-refractivity contribution is 7.85. The number of hydrogen-bond donors (Lipinski definition) is 3. The van der Waals surface area contributed by atoms with Crippen LogP contribution >= 0.6 is 0 Å². The molecule has 3 N–H and O–H groups in total. The molecule has 2 aliphatic rings. The number of hydrogen-bond acceptors (Lipinski definition) is 8. The second kappa shape index (κ2) is 17.8. The average molecular weight is 830 g/mol. The maximum absolute atomic E-state index is 12.8. The third-order valence-electron chi connectivity index (χ3n) is 11.4. The Morgan fingerprint density at radius 3 is 1.77 bits per heavy atom. The molecular formula is C49H57N4O6S-. The van der Waals surface area contributed by atoms with E-state index in [4.69, 9.17) is 9.41 Å². The molecule has 10 nitrogen and oxygen atoms in total. The minimum Gasteiger partial charge on any atom is -0.744 e. The summed E-state index contributed by atoms with van der Waals surface area (Å²) in [6, 6.07) is 17.2. The molecule has 4 aromatic carbocycles. The van der Waals surface area contributed by atoms with E-state index in [9.17, 15) is 22.6 Å². The smallest absolute Gasteiger partial charge is 0.226 e. The van der Waals surface area contributed by atoms with Crippen molar-refractivity contribution >= 4 is 61.3 Å². The molecule has 4 aromatic rings. The van der Waals surface area contributed by atoms with Gasteiger partial charge in [0.25, 0.3) is 0 Å². The lowest BCUT2D eigenvalue weighted by atomic mass is 9.93. The Hall–Kier alpha value is -5.78. The number of rotatable bonds is 9. The van der Waals surface area contributed by atoms with Crippen molar-refractivity contribution in [1.82, 2.24) is 0 Å². The largest absolute Gasteiger partial charge is 0.744 e. The standard InChI is InChI=1S/C47H52N4O6S.C2H6/c1-23(2)46(52)50-44-29(9)25(5)27(7)42(31(44)11)48-33-17-19-35-38(21-33)57-39-22-34(18-20-36(39)41(35)37-15-13-14-16-40(37)58(54,55)56)49-43-28(8)26(6)30(10)45(32(43)12)51-47(53)24(3)4;1-2/h13-24,48H,1-12H3,(H,50,52)(H,51,53)(H,54,55,56);1-2H3/p-1. The number of fused-ring (bicyclic) bond motifs is 2. The average Bonchev–Trinajstić information content (AvgIpc) is 3.21. The van der Waals surface area contributed by atoms with Gasteiger partial charge in [0.1, 0.15) is 21.5 Å². The molecule has 0 atom stereocenters. The summed E-state index contributed by atoms with van der Waals surface area (Å²) in [5.74, 6) is -0.129. The SMILES string of the molecule is CC.Cc1c(C)c(N=c2ccc3c(-c4ccccc4S(=O)(=O)[O-])c4ccc(Nc5c(C)c(C)c(C)c(NC(=O)C(C)C)c5C)cc4oc-3c2)c(C)c(NC(=O)C(C)C)c1C. The van der Waals surface area contributed by atoms with Crippen molar-refractivity contribution in [2.75, 3.05) is 16.0 Å². The van der Waals surface area contributed by atoms with Crippen LogP contribution in [-0.4, -0.2) is 24.8 Å². The quantitative estimate of drug-likeness (QED) is 0.0968. The third kappa shape index (κ3) is 8.74. The molecule has 11 heteroatoms. The summed E-state index contributed by atoms with van der Waals surface area (Å²) in [4.78, 5) is 30.4. The van der Waals surface area contributed by atoms with Gasteiger partial charge in [-0.25, -0.2) is 13.4 Å². The zero-order chi connectivity index (χ0) is 44.5. The number of carbonyl (C=O) groups excluding carboxylic acids is 2. The molecule has 6 rings (SSSR count). The highest BCUT2D eigenvalue weighted by Crippen LogP contribution is 2.44. The fourth-order valence-electron chi connectivity index (χ4n) is 7.42. The first-order valence-electron chi connectivity index (χ1n) is 20.4. The summed E-state index contributed by atoms with van der Waals surface area (Å²) in [5, 5.41) is 11.0. The van der Waals surface area contributed by atoms with Gasteiger partial charge < -0.3 is 24.9 Å². The maximum Gasteiger partial charge on any atom is 0.226 e. The van der Waals surface area contributed by atoms with Crippen LogP contribution in [0, 0.1) is 67.2 Å². The second-order valence-electron chi connectivity index (χ2n) is 15.8. The number of anilines is 4. The molecule has 0 saturated heterocycles. The van der Waals surface area contributed by atoms with E-state index in [1.165, 1.54) is 12.1 Å². The Balaban J connectivity index is 0.00000336. The van der Waals surface area contributed by atoms with Crippen LogP contribution < -0.4 is 21.3 Å². The van der Waals surface area contributed by atoms with Crippen LogP contribution in [0.5, 0.6) is 0 Å². The van der Waals surface area contributed by atoms with Crippen LogP contribution in [0.25, 0.3) is 33.4 Å². The summed E-state index contributed by atoms with van der Waals surface area (Å²) >= 11 is 0. The summed E-state index contributed by atoms with van der Waals surface area (Å²) in [5.41, 5.74) is 13.3. The molecule has 0 saturated carbocycles. The van der Waals surface area contributed by atoms with Crippen molar-refractivity contribution in [1.29, 1.82) is 0 Å². The van der Waals surface area contributed by atoms with Crippen molar-refractivity contribution < 1.29 is 27.0 Å². The lowest BCUT2D eigenvalue weighted by Crippen LogP contribution is -2.20. The Kier molecular flexibility index (Phi) is 13.5. The molecule has 1 aliphatic carbocycles. The number of nitrogens with zero attached hydrogens (tertiary/aromatic N) is 1. The summed E-state index contributed by atoms with van der Waals surface area (Å²) in [6.07, 6.45) is 0. The van der Waals surface area contributed by atoms with E-state index in [1.54, 1.807) is 18.2 Å². The van der Waals surface area contributed by atoms with E-state index in [0.717, 1.165) is 67.3 Å². The maximum atomic E-state index is 12.8. The van der Waals surface area contributed by atoms with Crippen molar-refractivity contribution in [3.63, 3.8) is 0 Å². The van der Waals surface area contributed by atoms with Gasteiger partial charge in [-0.1, -0.05) is 59.7 Å². The van der Waals surface area contributed by atoms with Crippen LogP contribution in [0.15, 0.2) is 75.0 Å². The van der Waals surface area contributed by atoms with Crippen LogP contribution in [0.2, 0.25) is 0 Å². The Morgan fingerprint density at radius 2 is 1.18 bits per heavy atom. The van der Waals surface area contributed by atoms with Crippen molar-refractivity contribution in [3.05, 3.63) is 111 Å². The molecule has 1 aliphatic heterocycles. The van der Waals surface area contributed by atoms with Crippen molar-refractivity contribution in [3.8, 4) is 22.5 Å². The van der Waals surface area contributed by atoms with E-state index in [2.05, 4.69) is 16.0 Å². The van der Waals surface area contributed by atoms with Gasteiger partial charge in [0, 0.05) is 68.8 Å². The highest BCUT2D eigenvalue weighted by Gasteiger charge is 2.24. The van der Waals surface area contributed by atoms with Crippen LogP contribution in [0.3, 0.4) is 0 Å². The molecule has 0 aromatic heterocycles. The minimum atomic E-state index is -4.86. The topological polar surface area (TPSA) is 153 Å². The van der Waals surface area contributed by atoms with Gasteiger partial charge in [-0.05, 0) is 130 Å². The summed E-state index contributed by atoms with van der Waals surface area (Å²) < 4.78 is 44.6. The van der Waals surface area contributed by atoms with E-state index in [0.29, 0.717) is 38.9 Å². The van der Waals surface area contributed by atoms with Crippen LogP contribution in [-0.2, 0) is 19.7 Å². The van der Waals surface area contributed by atoms with Gasteiger partial charge in [0.05, 0.1) is 15.9 Å². The first-order valence-corrected chi connectivity index (χ1v) is 21.8. The molecule has 0 radical (unpaired) electrons. The van der Waals surface area contributed by atoms with Crippen molar-refractivity contribution in [2.24, 2.45) is 16.8 Å². The number of carbonyl (C=O) groups is 2. The third-order valence-corrected chi connectivity index (χ3v) is 12.3. The second-order valence-corrected chi connectivity index (χ2v) is 17.2. The first-order chi connectivity index (χ1) is 28.2. The number of benzene rings is 5. The molecule has 0 unspecified atom stereocenters. The predicted octanol–water partition coefficient (Wildman–Crippen LogP) is 11.8. The predicted molar refractivity (Wildman–Crippen MR) is 244 cm³/mol. The molecule has 0 fully saturated rings. The molecule has 0 bridgehead atoms. The lowest BCUT2D eigenvalue weighted by molar-refractivity contribution is -0.119. The Morgan fingerprint density at radius 1 is 0.633 bits per heavy atom. The van der Waals surface area contributed by atoms with Crippen LogP contribution in [0.4, 0.5) is 28.4 Å². The monoisotopic (exact) mass is 829 g/mol. The van der Waals surface area contributed by atoms with E-state index in [1.807, 2.05) is 127 Å². The van der Waals surface area contributed by atoms with Gasteiger partial charge in [-0.2, -0.15) is 0 Å². The summed E-state index contributed by atoms with van der Waals surface area (Å²) in [7, 11) is -4.86. The normalized spacial score (nSPS) is 11.9. The highest BCUT2D eigenvalue weighted by atomic mass is 32.2. The zero-order valence-electron chi connectivity index (χ0n) is 37.2. The number of amides is 2. The fourth-order valence-corrected chi connectivity index (χ4v) is 8.10. The fraction of sp³-hybridized carbons (Fsp3) is 0.327. The number of nitrogens with one attached hydrogen (secondary N) is 3. The molecular weight excluding hydrogens is 773 g/mol. The first kappa shape index (κ1) is 45.3. The van der Waals surface area contributed by atoms with E-state index >= 15 is 0 Å². The van der Waals surface area contributed by atoms with Gasteiger partial charge >= 0.3 is 0 Å². The molecule has 2 amide bonds. The molecule has 0 spiro atoms. The van der Waals surface area contributed by atoms with Crippen molar-refractivity contribution in [2.45, 2.75) is 102 Å². The molecule has 316 valence electrons. The minimum absolute atomic E-state index is 0.0723. The van der Waals surface area contributed by atoms with Gasteiger partial charge in [0.15, 0.2) is 0 Å². The Bertz CT molecular complexity index is 2820. The van der Waals surface area contributed by atoms with Crippen LogP contribution in [0.1, 0.15) is 86.1 Å². The van der Waals surface area contributed by atoms with E-state index < -0.39 is 10.1 Å². The van der Waals surface area contributed by atoms with Gasteiger partial charge in [0.2, 0.25) is 11.8 Å². The van der Waals surface area contributed by atoms with Gasteiger partial charge in [-0.15, -0.1) is 0 Å². The van der Waals surface area contributed by atoms with E-state index in [-0.39, 0.29) is 34.1 Å². The Labute approximate surface area is 354 Å².